The van der Waals surface area contributed by atoms with E-state index in [1.807, 2.05) is 19.1 Å². The topological polar surface area (TPSA) is 30.8 Å². The average Bonchev–Trinajstić information content (AvgIpc) is 2.28. The molecule has 1 aliphatic heterocycles. The van der Waals surface area contributed by atoms with Gasteiger partial charge in [-0.3, -0.25) is 4.99 Å². The summed E-state index contributed by atoms with van der Waals surface area (Å²) in [6.07, 6.45) is 0.924. The van der Waals surface area contributed by atoms with E-state index < -0.39 is 0 Å². The monoisotopic (exact) mass is 205 g/mol. The zero-order valence-electron chi connectivity index (χ0n) is 9.33. The molecular formula is C12H15NO2. The highest BCUT2D eigenvalue weighted by Gasteiger charge is 2.19. The fourth-order valence-electron chi connectivity index (χ4n) is 2.03. The predicted molar refractivity (Wildman–Crippen MR) is 60.3 cm³/mol. The third kappa shape index (κ3) is 1.58. The van der Waals surface area contributed by atoms with Crippen LogP contribution in [0.25, 0.3) is 0 Å². The van der Waals surface area contributed by atoms with Crippen molar-refractivity contribution in [2.45, 2.75) is 13.3 Å². The molecule has 0 atom stereocenters. The van der Waals surface area contributed by atoms with Gasteiger partial charge in [-0.1, -0.05) is 0 Å². The minimum atomic E-state index is 0.836. The number of methoxy groups -OCH3 is 2. The van der Waals surface area contributed by atoms with E-state index in [-0.39, 0.29) is 0 Å². The van der Waals surface area contributed by atoms with E-state index in [2.05, 4.69) is 4.99 Å². The van der Waals surface area contributed by atoms with Gasteiger partial charge in [-0.2, -0.15) is 0 Å². The molecule has 0 bridgehead atoms. The van der Waals surface area contributed by atoms with Crippen molar-refractivity contribution < 1.29 is 9.47 Å². The van der Waals surface area contributed by atoms with Crippen LogP contribution >= 0.6 is 0 Å². The van der Waals surface area contributed by atoms with Gasteiger partial charge in [0.25, 0.3) is 0 Å². The van der Waals surface area contributed by atoms with Crippen LogP contribution in [-0.4, -0.2) is 26.5 Å². The van der Waals surface area contributed by atoms with Crippen molar-refractivity contribution in [3.63, 3.8) is 0 Å². The Kier molecular flexibility index (Phi) is 2.62. The summed E-state index contributed by atoms with van der Waals surface area (Å²) >= 11 is 0. The lowest BCUT2D eigenvalue weighted by atomic mass is 9.96. The zero-order chi connectivity index (χ0) is 10.8. The number of nitrogens with zero attached hydrogens (tertiary/aromatic N) is 1. The summed E-state index contributed by atoms with van der Waals surface area (Å²) in [5.41, 5.74) is 3.35. The minimum absolute atomic E-state index is 0.836. The van der Waals surface area contributed by atoms with E-state index in [1.54, 1.807) is 14.2 Å². The first kappa shape index (κ1) is 10.0. The molecular weight excluding hydrogens is 190 g/mol. The fraction of sp³-hybridized carbons (Fsp3) is 0.417. The number of ether oxygens (including phenoxy) is 2. The van der Waals surface area contributed by atoms with Gasteiger partial charge in [0.05, 0.1) is 14.2 Å². The predicted octanol–water partition coefficient (Wildman–Crippen LogP) is 2.07. The van der Waals surface area contributed by atoms with Gasteiger partial charge in [0.2, 0.25) is 0 Å². The molecule has 1 heterocycles. The van der Waals surface area contributed by atoms with Crippen LogP contribution in [0.15, 0.2) is 17.1 Å². The first-order chi connectivity index (χ1) is 7.27. The molecule has 80 valence electrons. The van der Waals surface area contributed by atoms with Crippen LogP contribution in [0.4, 0.5) is 0 Å². The molecule has 0 fully saturated rings. The Morgan fingerprint density at radius 3 is 2.47 bits per heavy atom. The summed E-state index contributed by atoms with van der Waals surface area (Å²) in [7, 11) is 3.38. The van der Waals surface area contributed by atoms with E-state index in [1.165, 1.54) is 5.56 Å². The maximum absolute atomic E-state index is 5.35. The van der Waals surface area contributed by atoms with E-state index in [0.29, 0.717) is 0 Å². The Morgan fingerprint density at radius 2 is 1.80 bits per heavy atom. The summed E-state index contributed by atoms with van der Waals surface area (Å²) in [5, 5.41) is 0. The molecule has 0 spiro atoms. The number of hydrogen-bond acceptors (Lipinski definition) is 3. The lowest BCUT2D eigenvalue weighted by molar-refractivity contribution is 0.397. The molecule has 2 rings (SSSR count). The third-order valence-electron chi connectivity index (χ3n) is 2.74. The second-order valence-electron chi connectivity index (χ2n) is 3.54. The maximum Gasteiger partial charge on any atom is 0.128 e. The van der Waals surface area contributed by atoms with E-state index in [4.69, 9.17) is 9.47 Å². The SMILES string of the molecule is COc1ccc(OC)c2c1CCN=C2C. The Balaban J connectivity index is 2.64. The van der Waals surface area contributed by atoms with Crippen molar-refractivity contribution in [2.75, 3.05) is 20.8 Å². The summed E-state index contributed by atoms with van der Waals surface area (Å²) in [6.45, 7) is 2.85. The van der Waals surface area contributed by atoms with E-state index in [0.717, 1.165) is 35.7 Å². The second-order valence-corrected chi connectivity index (χ2v) is 3.54. The number of rotatable bonds is 2. The van der Waals surface area contributed by atoms with Crippen LogP contribution < -0.4 is 9.47 Å². The smallest absolute Gasteiger partial charge is 0.128 e. The Bertz CT molecular complexity index is 410. The largest absolute Gasteiger partial charge is 0.496 e. The summed E-state index contributed by atoms with van der Waals surface area (Å²) in [5.74, 6) is 1.81. The molecule has 15 heavy (non-hydrogen) atoms. The van der Waals surface area contributed by atoms with Gasteiger partial charge in [0.1, 0.15) is 11.5 Å². The minimum Gasteiger partial charge on any atom is -0.496 e. The first-order valence-electron chi connectivity index (χ1n) is 5.03. The van der Waals surface area contributed by atoms with Crippen LogP contribution in [0.2, 0.25) is 0 Å². The number of hydrogen-bond donors (Lipinski definition) is 0. The Labute approximate surface area is 89.7 Å². The van der Waals surface area contributed by atoms with Gasteiger partial charge in [-0.15, -0.1) is 0 Å². The molecule has 0 radical (unpaired) electrons. The van der Waals surface area contributed by atoms with Gasteiger partial charge in [0.15, 0.2) is 0 Å². The van der Waals surface area contributed by atoms with Gasteiger partial charge < -0.3 is 9.47 Å². The van der Waals surface area contributed by atoms with Crippen LogP contribution in [0, 0.1) is 0 Å². The van der Waals surface area contributed by atoms with Crippen LogP contribution in [-0.2, 0) is 6.42 Å². The van der Waals surface area contributed by atoms with Crippen LogP contribution in [0.5, 0.6) is 11.5 Å². The normalized spacial score (nSPS) is 14.2. The zero-order valence-corrected chi connectivity index (χ0v) is 9.33. The van der Waals surface area contributed by atoms with Crippen LogP contribution in [0.3, 0.4) is 0 Å². The number of benzene rings is 1. The molecule has 1 aromatic carbocycles. The van der Waals surface area contributed by atoms with Gasteiger partial charge in [-0.05, 0) is 25.5 Å². The summed E-state index contributed by atoms with van der Waals surface area (Å²) < 4.78 is 10.7. The molecule has 0 saturated heterocycles. The molecule has 1 aliphatic rings. The Morgan fingerprint density at radius 1 is 1.13 bits per heavy atom. The highest BCUT2D eigenvalue weighted by atomic mass is 16.5. The Hall–Kier alpha value is -1.51. The number of fused-ring (bicyclic) bond motifs is 1. The van der Waals surface area contributed by atoms with Crippen molar-refractivity contribution in [1.82, 2.24) is 0 Å². The summed E-state index contributed by atoms with van der Waals surface area (Å²) in [4.78, 5) is 4.44. The van der Waals surface area contributed by atoms with Gasteiger partial charge >= 0.3 is 0 Å². The molecule has 0 aromatic heterocycles. The molecule has 0 N–H and O–H groups in total. The molecule has 0 amide bonds. The maximum atomic E-state index is 5.35. The van der Waals surface area contributed by atoms with Crippen molar-refractivity contribution in [3.8, 4) is 11.5 Å². The molecule has 0 aliphatic carbocycles. The lowest BCUT2D eigenvalue weighted by Crippen LogP contribution is -2.12. The van der Waals surface area contributed by atoms with Crippen molar-refractivity contribution >= 4 is 5.71 Å². The van der Waals surface area contributed by atoms with Crippen molar-refractivity contribution in [3.05, 3.63) is 23.3 Å². The summed E-state index contributed by atoms with van der Waals surface area (Å²) in [6, 6.07) is 3.89. The quantitative estimate of drug-likeness (QED) is 0.740. The fourth-order valence-corrected chi connectivity index (χ4v) is 2.03. The number of aliphatic imine (C=N–C) groups is 1. The molecule has 3 heteroatoms. The van der Waals surface area contributed by atoms with Crippen LogP contribution in [0.1, 0.15) is 18.1 Å². The first-order valence-corrected chi connectivity index (χ1v) is 5.03. The van der Waals surface area contributed by atoms with Crippen molar-refractivity contribution in [1.29, 1.82) is 0 Å². The average molecular weight is 205 g/mol. The highest BCUT2D eigenvalue weighted by molar-refractivity contribution is 6.03. The van der Waals surface area contributed by atoms with Gasteiger partial charge in [0, 0.05) is 23.4 Å². The lowest BCUT2D eigenvalue weighted by Gasteiger charge is -2.20. The molecule has 0 unspecified atom stereocenters. The van der Waals surface area contributed by atoms with E-state index >= 15 is 0 Å². The van der Waals surface area contributed by atoms with E-state index in [9.17, 15) is 0 Å². The van der Waals surface area contributed by atoms with Crippen molar-refractivity contribution in [2.24, 2.45) is 4.99 Å². The standard InChI is InChI=1S/C12H15NO2/c1-8-12-9(6-7-13-8)10(14-2)4-5-11(12)15-3/h4-5H,6-7H2,1-3H3. The molecule has 3 nitrogen and oxygen atoms in total. The molecule has 1 aromatic rings. The third-order valence-corrected chi connectivity index (χ3v) is 2.74. The molecule has 0 saturated carbocycles. The highest BCUT2D eigenvalue weighted by Crippen LogP contribution is 2.33. The van der Waals surface area contributed by atoms with Gasteiger partial charge in [-0.25, -0.2) is 0 Å². The second kappa shape index (κ2) is 3.93.